The number of hydrogen-bond acceptors (Lipinski definition) is 16. The third kappa shape index (κ3) is 26.7. The van der Waals surface area contributed by atoms with Crippen LogP contribution >= 0.6 is 0 Å². The second-order valence-corrected chi connectivity index (χ2v) is 27.0. The molecule has 0 aliphatic carbocycles. The number of amides is 3. The number of carbonyl (C=O) groups is 7. The molecular formula is C76H113N3O16. The first-order valence-corrected chi connectivity index (χ1v) is 35.6. The molecule has 3 aliphatic rings. The second-order valence-electron chi connectivity index (χ2n) is 27.0. The number of nitrogens with zero attached hydrogens (tertiary/aromatic N) is 1. The van der Waals surface area contributed by atoms with Crippen LogP contribution in [-0.2, 0) is 61.8 Å². The van der Waals surface area contributed by atoms with E-state index in [0.717, 1.165) is 32.1 Å². The van der Waals surface area contributed by atoms with E-state index < -0.39 is 18.9 Å². The molecule has 0 spiro atoms. The van der Waals surface area contributed by atoms with Gasteiger partial charge in [-0.25, -0.2) is 14.4 Å². The van der Waals surface area contributed by atoms with Gasteiger partial charge < -0.3 is 58.2 Å². The summed E-state index contributed by atoms with van der Waals surface area (Å²) in [6.45, 7) is 22.7. The van der Waals surface area contributed by atoms with E-state index in [9.17, 15) is 33.6 Å². The van der Waals surface area contributed by atoms with Gasteiger partial charge in [0.1, 0.15) is 25.6 Å². The molecule has 0 radical (unpaired) electrons. The molecule has 3 amide bonds. The van der Waals surface area contributed by atoms with Crippen LogP contribution in [0.5, 0.6) is 0 Å². The minimum Gasteiger partial charge on any atom is -0.459 e. The maximum Gasteiger partial charge on any atom is 0.338 e. The highest BCUT2D eigenvalue weighted by Crippen LogP contribution is 2.38. The lowest BCUT2D eigenvalue weighted by atomic mass is 9.79. The van der Waals surface area contributed by atoms with E-state index in [-0.39, 0.29) is 127 Å². The first-order chi connectivity index (χ1) is 45.8. The van der Waals surface area contributed by atoms with Crippen molar-refractivity contribution >= 4 is 41.4 Å². The molecule has 3 aromatic carbocycles. The number of ether oxygens (including phenoxy) is 9. The zero-order valence-electron chi connectivity index (χ0n) is 58.4. The highest BCUT2D eigenvalue weighted by molar-refractivity contribution is 5.90. The summed E-state index contributed by atoms with van der Waals surface area (Å²) in [6.07, 6.45) is 8.13. The van der Waals surface area contributed by atoms with Crippen LogP contribution in [0.2, 0.25) is 0 Å². The van der Waals surface area contributed by atoms with E-state index in [4.69, 9.17) is 42.6 Å². The van der Waals surface area contributed by atoms with Gasteiger partial charge in [-0.15, -0.1) is 0 Å². The number of nitrogens with one attached hydrogen (secondary N) is 2. The number of ketones is 1. The van der Waals surface area contributed by atoms with Gasteiger partial charge in [0, 0.05) is 95.9 Å². The second kappa shape index (κ2) is 42.6. The van der Waals surface area contributed by atoms with Crippen LogP contribution in [0.1, 0.15) is 203 Å². The molecule has 19 nitrogen and oxygen atoms in total. The number of Topliss-reactive ketones (excluding diaryl/α,β-unsaturated/α-hetero) is 1. The van der Waals surface area contributed by atoms with Crippen molar-refractivity contribution in [1.82, 2.24) is 15.5 Å². The van der Waals surface area contributed by atoms with E-state index in [0.29, 0.717) is 146 Å². The van der Waals surface area contributed by atoms with Crippen molar-refractivity contribution < 1.29 is 76.2 Å². The lowest BCUT2D eigenvalue weighted by molar-refractivity contribution is -0.254. The smallest absolute Gasteiger partial charge is 0.338 e. The Hall–Kier alpha value is -6.09. The summed E-state index contributed by atoms with van der Waals surface area (Å²) in [4.78, 5) is 92.3. The Morgan fingerprint density at radius 2 is 0.663 bits per heavy atom. The standard InChI is InChI=1S/C76H113N3O16/c1-52-55(4)65(49-90-71(84)61-31-15-12-16-32-61)93-74(58(52)7)87-46-26-23-38-64(80)37-21-10-11-22-41-70(83)79(44-29-42-77-68(81)39-24-27-47-88-75-59(8)53(2)56(5)66(94-75)50-91-72(85)62-33-17-13-18-34-62)45-30-43-78-69(82)40-25-28-48-89-76-60(9)54(3)57(6)67(95-76)51-92-73(86)63-35-19-14-20-36-63/h12-20,31-36,52-60,65-67,74-76H,10-11,21-30,37-51H2,1-9H3,(H,77,81)(H,78,82). The molecule has 3 saturated heterocycles. The highest BCUT2D eigenvalue weighted by Gasteiger charge is 2.43. The maximum atomic E-state index is 13.8. The SMILES string of the molecule is CC1C(COC(=O)c2ccccc2)OC(OCCCCC(=O)CCCCCCC(=O)N(CCCNC(=O)CCCCOC2OC(COC(=O)c3ccccc3)C(C)C(C)C2C)CCCNC(=O)CCCCOC2OC(COC(=O)c3ccccc3)C(C)C(C)C2C)C(C)C1C. The molecule has 15 unspecified atom stereocenters. The fraction of sp³-hybridized carbons (Fsp3) is 0.671. The predicted molar refractivity (Wildman–Crippen MR) is 363 cm³/mol. The van der Waals surface area contributed by atoms with Gasteiger partial charge in [0.2, 0.25) is 17.7 Å². The van der Waals surface area contributed by atoms with E-state index in [1.165, 1.54) is 0 Å². The van der Waals surface area contributed by atoms with E-state index in [1.807, 2.05) is 23.1 Å². The van der Waals surface area contributed by atoms with Crippen LogP contribution in [0.15, 0.2) is 91.0 Å². The number of esters is 3. The summed E-state index contributed by atoms with van der Waals surface area (Å²) in [5, 5.41) is 6.05. The van der Waals surface area contributed by atoms with Crippen LogP contribution in [0.3, 0.4) is 0 Å². The molecule has 0 saturated carbocycles. The molecule has 95 heavy (non-hydrogen) atoms. The summed E-state index contributed by atoms with van der Waals surface area (Å²) in [5.74, 6) is 0.749. The van der Waals surface area contributed by atoms with Gasteiger partial charge in [-0.1, -0.05) is 130 Å². The van der Waals surface area contributed by atoms with E-state index in [2.05, 4.69) is 72.9 Å². The number of benzene rings is 3. The zero-order valence-corrected chi connectivity index (χ0v) is 58.4. The van der Waals surface area contributed by atoms with Gasteiger partial charge in [0.15, 0.2) is 18.9 Å². The Bertz CT molecular complexity index is 2620. The molecule has 19 heteroatoms. The Morgan fingerprint density at radius 1 is 0.358 bits per heavy atom. The van der Waals surface area contributed by atoms with Gasteiger partial charge >= 0.3 is 17.9 Å². The van der Waals surface area contributed by atoms with Gasteiger partial charge in [-0.05, 0) is 136 Å². The van der Waals surface area contributed by atoms with Gasteiger partial charge in [-0.2, -0.15) is 0 Å². The molecule has 6 rings (SSSR count). The van der Waals surface area contributed by atoms with Crippen LogP contribution in [-0.4, -0.2) is 149 Å². The molecule has 2 N–H and O–H groups in total. The van der Waals surface area contributed by atoms with Crippen molar-refractivity contribution in [3.63, 3.8) is 0 Å². The zero-order chi connectivity index (χ0) is 68.5. The van der Waals surface area contributed by atoms with Gasteiger partial charge in [0.25, 0.3) is 0 Å². The molecule has 3 heterocycles. The molecule has 3 fully saturated rings. The quantitative estimate of drug-likeness (QED) is 0.0305. The molecule has 0 aromatic heterocycles. The first-order valence-electron chi connectivity index (χ1n) is 35.6. The number of carbonyl (C=O) groups excluding carboxylic acids is 7. The summed E-state index contributed by atoms with van der Waals surface area (Å²) in [5.41, 5.74) is 1.49. The summed E-state index contributed by atoms with van der Waals surface area (Å²) >= 11 is 0. The average Bonchev–Trinajstić information content (AvgIpc) is 0.990. The van der Waals surface area contributed by atoms with Crippen molar-refractivity contribution in [2.24, 2.45) is 53.3 Å². The Balaban J connectivity index is 0.858. The number of rotatable bonds is 42. The van der Waals surface area contributed by atoms with E-state index >= 15 is 0 Å². The largest absolute Gasteiger partial charge is 0.459 e. The van der Waals surface area contributed by atoms with Crippen molar-refractivity contribution in [2.45, 2.75) is 209 Å². The lowest BCUT2D eigenvalue weighted by Gasteiger charge is -2.43. The van der Waals surface area contributed by atoms with E-state index in [1.54, 1.807) is 72.8 Å². The Morgan fingerprint density at radius 3 is 1.00 bits per heavy atom. The van der Waals surface area contributed by atoms with Crippen molar-refractivity contribution in [3.05, 3.63) is 108 Å². The van der Waals surface area contributed by atoms with Crippen LogP contribution in [0.4, 0.5) is 0 Å². The molecule has 15 atom stereocenters. The Labute approximate surface area is 566 Å². The maximum absolute atomic E-state index is 13.8. The normalized spacial score (nSPS) is 25.8. The fourth-order valence-corrected chi connectivity index (χ4v) is 12.6. The predicted octanol–water partition coefficient (Wildman–Crippen LogP) is 12.8. The topological polar surface area (TPSA) is 230 Å². The minimum atomic E-state index is -0.452. The summed E-state index contributed by atoms with van der Waals surface area (Å²) in [7, 11) is 0. The summed E-state index contributed by atoms with van der Waals surface area (Å²) < 4.78 is 54.5. The summed E-state index contributed by atoms with van der Waals surface area (Å²) in [6, 6.07) is 26.7. The van der Waals surface area contributed by atoms with Crippen molar-refractivity contribution in [3.8, 4) is 0 Å². The molecular weight excluding hydrogens is 1210 g/mol. The average molecular weight is 1320 g/mol. The molecule has 3 aromatic rings. The lowest BCUT2D eigenvalue weighted by Crippen LogP contribution is -2.48. The Kier molecular flexibility index (Phi) is 34.9. The third-order valence-corrected chi connectivity index (χ3v) is 20.2. The molecule has 528 valence electrons. The molecule has 3 aliphatic heterocycles. The highest BCUT2D eigenvalue weighted by atomic mass is 16.7. The number of unbranched alkanes of at least 4 members (excludes halogenated alkanes) is 6. The van der Waals surface area contributed by atoms with Crippen LogP contribution in [0.25, 0.3) is 0 Å². The first kappa shape index (κ1) is 77.9. The van der Waals surface area contributed by atoms with Crippen LogP contribution < -0.4 is 10.6 Å². The van der Waals surface area contributed by atoms with Gasteiger partial charge in [-0.3, -0.25) is 19.2 Å². The fourth-order valence-electron chi connectivity index (χ4n) is 12.6. The van der Waals surface area contributed by atoms with Gasteiger partial charge in [0.05, 0.1) is 35.0 Å². The number of hydrogen-bond donors (Lipinski definition) is 2. The van der Waals surface area contributed by atoms with Crippen molar-refractivity contribution in [1.29, 1.82) is 0 Å². The minimum absolute atomic E-state index is 0.0271. The third-order valence-electron chi connectivity index (χ3n) is 20.2. The van der Waals surface area contributed by atoms with Crippen molar-refractivity contribution in [2.75, 3.05) is 65.8 Å². The molecule has 0 bridgehead atoms. The monoisotopic (exact) mass is 1320 g/mol. The van der Waals surface area contributed by atoms with Crippen LogP contribution in [0, 0.1) is 53.3 Å².